The Morgan fingerprint density at radius 1 is 1.21 bits per heavy atom. The lowest BCUT2D eigenvalue weighted by Gasteiger charge is -2.08. The zero-order valence-electron chi connectivity index (χ0n) is 7.40. The van der Waals surface area contributed by atoms with Gasteiger partial charge < -0.3 is 21.1 Å². The molecule has 1 rings (SSSR count). The fraction of sp³-hybridized carbons (Fsp3) is 0.222. The molecule has 5 nitrogen and oxygen atoms in total. The SMILES string of the molecule is Nc1cc(CO)c(CO)cc1C(=O)O. The number of anilines is 1. The fourth-order valence-electron chi connectivity index (χ4n) is 1.19. The molecule has 0 amide bonds. The number of aromatic carboxylic acids is 1. The van der Waals surface area contributed by atoms with E-state index >= 15 is 0 Å². The predicted octanol–water partition coefficient (Wildman–Crippen LogP) is -0.0484. The van der Waals surface area contributed by atoms with E-state index in [1.807, 2.05) is 0 Å². The number of nitrogen functional groups attached to an aromatic ring is 1. The van der Waals surface area contributed by atoms with E-state index in [0.29, 0.717) is 11.1 Å². The van der Waals surface area contributed by atoms with E-state index < -0.39 is 5.97 Å². The predicted molar refractivity (Wildman–Crippen MR) is 49.7 cm³/mol. The van der Waals surface area contributed by atoms with Crippen molar-refractivity contribution < 1.29 is 20.1 Å². The molecule has 0 aliphatic rings. The quantitative estimate of drug-likeness (QED) is 0.509. The lowest BCUT2D eigenvalue weighted by molar-refractivity contribution is 0.0697. The molecule has 0 unspecified atom stereocenters. The molecule has 76 valence electrons. The second-order valence-electron chi connectivity index (χ2n) is 2.83. The maximum absolute atomic E-state index is 10.7. The van der Waals surface area contributed by atoms with E-state index in [9.17, 15) is 4.79 Å². The highest BCUT2D eigenvalue weighted by molar-refractivity contribution is 5.94. The second-order valence-corrected chi connectivity index (χ2v) is 2.83. The number of aliphatic hydroxyl groups is 2. The van der Waals surface area contributed by atoms with Crippen LogP contribution in [0.1, 0.15) is 21.5 Å². The first kappa shape index (κ1) is 10.5. The van der Waals surface area contributed by atoms with Gasteiger partial charge in [-0.1, -0.05) is 0 Å². The van der Waals surface area contributed by atoms with Crippen LogP contribution in [0.2, 0.25) is 0 Å². The molecule has 0 aliphatic carbocycles. The van der Waals surface area contributed by atoms with Crippen molar-refractivity contribution in [1.82, 2.24) is 0 Å². The molecular weight excluding hydrogens is 186 g/mol. The van der Waals surface area contributed by atoms with E-state index in [0.717, 1.165) is 0 Å². The van der Waals surface area contributed by atoms with Crippen LogP contribution in [0.3, 0.4) is 0 Å². The van der Waals surface area contributed by atoms with E-state index in [1.165, 1.54) is 12.1 Å². The smallest absolute Gasteiger partial charge is 0.337 e. The highest BCUT2D eigenvalue weighted by atomic mass is 16.4. The zero-order valence-corrected chi connectivity index (χ0v) is 7.40. The van der Waals surface area contributed by atoms with Crippen LogP contribution in [-0.2, 0) is 13.2 Å². The maximum Gasteiger partial charge on any atom is 0.337 e. The first-order chi connectivity index (χ1) is 6.60. The zero-order chi connectivity index (χ0) is 10.7. The van der Waals surface area contributed by atoms with Crippen molar-refractivity contribution >= 4 is 11.7 Å². The van der Waals surface area contributed by atoms with E-state index in [4.69, 9.17) is 21.1 Å². The van der Waals surface area contributed by atoms with Crippen molar-refractivity contribution in [3.8, 4) is 0 Å². The topological polar surface area (TPSA) is 104 Å². The van der Waals surface area contributed by atoms with Gasteiger partial charge in [0.2, 0.25) is 0 Å². The number of hydrogen-bond acceptors (Lipinski definition) is 4. The first-order valence-electron chi connectivity index (χ1n) is 3.96. The molecule has 0 spiro atoms. The van der Waals surface area contributed by atoms with Gasteiger partial charge >= 0.3 is 5.97 Å². The number of aliphatic hydroxyl groups excluding tert-OH is 2. The molecule has 0 saturated heterocycles. The van der Waals surface area contributed by atoms with Crippen LogP contribution >= 0.6 is 0 Å². The van der Waals surface area contributed by atoms with Crippen LogP contribution in [0, 0.1) is 0 Å². The van der Waals surface area contributed by atoms with E-state index in [2.05, 4.69) is 0 Å². The standard InChI is InChI=1S/C9H11NO4/c10-8-2-6(4-12)5(3-11)1-7(8)9(13)14/h1-2,11-12H,3-4,10H2,(H,13,14). The van der Waals surface area contributed by atoms with E-state index in [1.54, 1.807) is 0 Å². The maximum atomic E-state index is 10.7. The monoisotopic (exact) mass is 197 g/mol. The molecule has 0 radical (unpaired) electrons. The Morgan fingerprint density at radius 3 is 2.14 bits per heavy atom. The molecule has 1 aromatic carbocycles. The molecule has 5 N–H and O–H groups in total. The van der Waals surface area contributed by atoms with E-state index in [-0.39, 0.29) is 24.5 Å². The van der Waals surface area contributed by atoms with Gasteiger partial charge in [0.1, 0.15) is 0 Å². The molecule has 0 heterocycles. The van der Waals surface area contributed by atoms with Crippen molar-refractivity contribution in [1.29, 1.82) is 0 Å². The highest BCUT2D eigenvalue weighted by Crippen LogP contribution is 2.19. The molecule has 0 atom stereocenters. The molecule has 0 fully saturated rings. The van der Waals surface area contributed by atoms with Gasteiger partial charge in [-0.25, -0.2) is 4.79 Å². The molecule has 0 aromatic heterocycles. The Bertz CT molecular complexity index is 362. The Kier molecular flexibility index (Phi) is 3.06. The van der Waals surface area contributed by atoms with Crippen LogP contribution in [-0.4, -0.2) is 21.3 Å². The normalized spacial score (nSPS) is 10.1. The van der Waals surface area contributed by atoms with Gasteiger partial charge in [0.05, 0.1) is 18.8 Å². The average molecular weight is 197 g/mol. The lowest BCUT2D eigenvalue weighted by atomic mass is 10.0. The highest BCUT2D eigenvalue weighted by Gasteiger charge is 2.11. The minimum absolute atomic E-state index is 0.0637. The fourth-order valence-corrected chi connectivity index (χ4v) is 1.19. The Labute approximate surface area is 80.4 Å². The summed E-state index contributed by atoms with van der Waals surface area (Å²) >= 11 is 0. The van der Waals surface area contributed by atoms with Crippen LogP contribution in [0.25, 0.3) is 0 Å². The van der Waals surface area contributed by atoms with Crippen molar-refractivity contribution in [3.63, 3.8) is 0 Å². The van der Waals surface area contributed by atoms with Crippen LogP contribution < -0.4 is 5.73 Å². The van der Waals surface area contributed by atoms with Crippen molar-refractivity contribution in [2.45, 2.75) is 13.2 Å². The molecule has 1 aromatic rings. The first-order valence-corrected chi connectivity index (χ1v) is 3.96. The van der Waals surface area contributed by atoms with Crippen molar-refractivity contribution in [2.24, 2.45) is 0 Å². The summed E-state index contributed by atoms with van der Waals surface area (Å²) < 4.78 is 0. The van der Waals surface area contributed by atoms with Gasteiger partial charge in [-0.3, -0.25) is 0 Å². The molecule has 14 heavy (non-hydrogen) atoms. The molecule has 0 saturated carbocycles. The third kappa shape index (κ3) is 1.84. The number of carbonyl (C=O) groups is 1. The summed E-state index contributed by atoms with van der Waals surface area (Å²) in [6.07, 6.45) is 0. The lowest BCUT2D eigenvalue weighted by Crippen LogP contribution is -2.06. The molecule has 0 bridgehead atoms. The van der Waals surface area contributed by atoms with Gasteiger partial charge in [0, 0.05) is 5.69 Å². The molecular formula is C9H11NO4. The third-order valence-electron chi connectivity index (χ3n) is 1.94. The number of carboxylic acid groups (broad SMARTS) is 1. The summed E-state index contributed by atoms with van der Waals surface area (Å²) in [6, 6.07) is 2.62. The molecule has 5 heteroatoms. The van der Waals surface area contributed by atoms with Crippen molar-refractivity contribution in [3.05, 3.63) is 28.8 Å². The summed E-state index contributed by atoms with van der Waals surface area (Å²) in [5.41, 5.74) is 6.28. The number of benzene rings is 1. The minimum Gasteiger partial charge on any atom is -0.478 e. The summed E-state index contributed by atoms with van der Waals surface area (Å²) in [4.78, 5) is 10.7. The Balaban J connectivity index is 3.30. The third-order valence-corrected chi connectivity index (χ3v) is 1.94. The summed E-state index contributed by atoms with van der Waals surface area (Å²) in [5.74, 6) is -1.15. The number of hydrogen-bond donors (Lipinski definition) is 4. The number of carboxylic acids is 1. The number of rotatable bonds is 3. The van der Waals surface area contributed by atoms with Crippen LogP contribution in [0.4, 0.5) is 5.69 Å². The summed E-state index contributed by atoms with van der Waals surface area (Å²) in [5, 5.41) is 26.5. The second kappa shape index (κ2) is 4.08. The summed E-state index contributed by atoms with van der Waals surface area (Å²) in [6.45, 7) is -0.601. The van der Waals surface area contributed by atoms with Gasteiger partial charge in [-0.2, -0.15) is 0 Å². The van der Waals surface area contributed by atoms with Gasteiger partial charge in [0.15, 0.2) is 0 Å². The van der Waals surface area contributed by atoms with Crippen molar-refractivity contribution in [2.75, 3.05) is 5.73 Å². The minimum atomic E-state index is -1.15. The Morgan fingerprint density at radius 2 is 1.71 bits per heavy atom. The number of nitrogens with two attached hydrogens (primary N) is 1. The van der Waals surface area contributed by atoms with Crippen LogP contribution in [0.5, 0.6) is 0 Å². The summed E-state index contributed by atoms with van der Waals surface area (Å²) in [7, 11) is 0. The largest absolute Gasteiger partial charge is 0.478 e. The Hall–Kier alpha value is -1.59. The molecule has 0 aliphatic heterocycles. The van der Waals surface area contributed by atoms with Gasteiger partial charge in [-0.15, -0.1) is 0 Å². The average Bonchev–Trinajstić information content (AvgIpc) is 2.16. The van der Waals surface area contributed by atoms with Gasteiger partial charge in [-0.05, 0) is 23.3 Å². The van der Waals surface area contributed by atoms with Crippen LogP contribution in [0.15, 0.2) is 12.1 Å². The van der Waals surface area contributed by atoms with Gasteiger partial charge in [0.25, 0.3) is 0 Å².